The van der Waals surface area contributed by atoms with Crippen molar-refractivity contribution < 1.29 is 9.53 Å². The first-order valence-electron chi connectivity index (χ1n) is 9.86. The molecule has 1 N–H and O–H groups in total. The Kier molecular flexibility index (Phi) is 6.34. The Morgan fingerprint density at radius 3 is 2.76 bits per heavy atom. The average molecular weight is 408 g/mol. The Labute approximate surface area is 175 Å². The highest BCUT2D eigenvalue weighted by Gasteiger charge is 2.13. The van der Waals surface area contributed by atoms with Crippen LogP contribution in [0.1, 0.15) is 16.8 Å². The van der Waals surface area contributed by atoms with Gasteiger partial charge in [0.1, 0.15) is 5.01 Å². The zero-order valence-electron chi connectivity index (χ0n) is 16.6. The van der Waals surface area contributed by atoms with E-state index in [0.717, 1.165) is 54.8 Å². The summed E-state index contributed by atoms with van der Waals surface area (Å²) in [5, 5.41) is 5.85. The van der Waals surface area contributed by atoms with Gasteiger partial charge in [-0.2, -0.15) is 0 Å². The van der Waals surface area contributed by atoms with Crippen LogP contribution in [-0.4, -0.2) is 42.1 Å². The number of ether oxygens (including phenoxy) is 1. The van der Waals surface area contributed by atoms with Gasteiger partial charge in [-0.05, 0) is 30.7 Å². The molecule has 4 rings (SSSR count). The minimum atomic E-state index is -0.0493. The summed E-state index contributed by atoms with van der Waals surface area (Å²) in [5.41, 5.74) is 5.16. The largest absolute Gasteiger partial charge is 0.379 e. The zero-order valence-corrected chi connectivity index (χ0v) is 17.4. The van der Waals surface area contributed by atoms with Crippen molar-refractivity contribution in [3.05, 3.63) is 70.7 Å². The van der Waals surface area contributed by atoms with Crippen molar-refractivity contribution >= 4 is 22.9 Å². The number of carbonyl (C=O) groups is 1. The lowest BCUT2D eigenvalue weighted by molar-refractivity contribution is -0.115. The number of morpholine rings is 1. The summed E-state index contributed by atoms with van der Waals surface area (Å²) in [5.74, 6) is -0.0493. The van der Waals surface area contributed by atoms with E-state index in [0.29, 0.717) is 0 Å². The topological polar surface area (TPSA) is 54.5 Å². The van der Waals surface area contributed by atoms with E-state index < -0.39 is 0 Å². The molecule has 0 bridgehead atoms. The highest BCUT2D eigenvalue weighted by molar-refractivity contribution is 7.13. The zero-order chi connectivity index (χ0) is 20.1. The monoisotopic (exact) mass is 407 g/mol. The Morgan fingerprint density at radius 1 is 1.17 bits per heavy atom. The molecule has 6 heteroatoms. The summed E-state index contributed by atoms with van der Waals surface area (Å²) >= 11 is 1.58. The van der Waals surface area contributed by atoms with Crippen LogP contribution in [0.5, 0.6) is 0 Å². The number of aryl methyl sites for hydroxylation is 1. The summed E-state index contributed by atoms with van der Waals surface area (Å²) in [7, 11) is 0. The van der Waals surface area contributed by atoms with E-state index >= 15 is 0 Å². The van der Waals surface area contributed by atoms with Crippen LogP contribution in [-0.2, 0) is 22.5 Å². The van der Waals surface area contributed by atoms with Crippen LogP contribution in [0, 0.1) is 6.92 Å². The van der Waals surface area contributed by atoms with Gasteiger partial charge in [-0.3, -0.25) is 9.69 Å². The fourth-order valence-corrected chi connectivity index (χ4v) is 4.16. The summed E-state index contributed by atoms with van der Waals surface area (Å²) in [6.45, 7) is 6.51. The molecule has 0 atom stereocenters. The third-order valence-electron chi connectivity index (χ3n) is 4.91. The molecule has 2 heterocycles. The molecule has 1 aliphatic rings. The molecule has 1 saturated heterocycles. The lowest BCUT2D eigenvalue weighted by atomic mass is 10.1. The minimum absolute atomic E-state index is 0.0493. The van der Waals surface area contributed by atoms with Gasteiger partial charge < -0.3 is 10.1 Å². The lowest BCUT2D eigenvalue weighted by Crippen LogP contribution is -2.35. The maximum absolute atomic E-state index is 12.3. The first-order valence-corrected chi connectivity index (χ1v) is 10.7. The van der Waals surface area contributed by atoms with Crippen molar-refractivity contribution in [2.45, 2.75) is 19.9 Å². The maximum Gasteiger partial charge on any atom is 0.230 e. The normalized spacial score (nSPS) is 14.7. The number of benzene rings is 2. The van der Waals surface area contributed by atoms with Gasteiger partial charge in [0.25, 0.3) is 0 Å². The number of nitrogens with zero attached hydrogens (tertiary/aromatic N) is 2. The number of hydrogen-bond acceptors (Lipinski definition) is 5. The van der Waals surface area contributed by atoms with E-state index in [4.69, 9.17) is 4.74 Å². The third-order valence-corrected chi connectivity index (χ3v) is 5.85. The predicted molar refractivity (Wildman–Crippen MR) is 117 cm³/mol. The van der Waals surface area contributed by atoms with Crippen LogP contribution < -0.4 is 5.32 Å². The van der Waals surface area contributed by atoms with Crippen LogP contribution >= 0.6 is 11.3 Å². The van der Waals surface area contributed by atoms with Crippen molar-refractivity contribution in [2.24, 2.45) is 0 Å². The molecule has 0 saturated carbocycles. The quantitative estimate of drug-likeness (QED) is 0.668. The van der Waals surface area contributed by atoms with E-state index in [-0.39, 0.29) is 12.3 Å². The number of rotatable bonds is 6. The molecule has 1 aromatic heterocycles. The van der Waals surface area contributed by atoms with Crippen molar-refractivity contribution in [1.82, 2.24) is 9.88 Å². The Balaban J connectivity index is 1.38. The summed E-state index contributed by atoms with van der Waals surface area (Å²) in [6.07, 6.45) is 0.276. The van der Waals surface area contributed by atoms with Crippen molar-refractivity contribution in [1.29, 1.82) is 0 Å². The van der Waals surface area contributed by atoms with Gasteiger partial charge in [-0.25, -0.2) is 4.98 Å². The fraction of sp³-hybridized carbons (Fsp3) is 0.304. The molecule has 2 aromatic carbocycles. The first kappa shape index (κ1) is 19.8. The molecule has 0 aliphatic carbocycles. The molecule has 0 spiro atoms. The van der Waals surface area contributed by atoms with Gasteiger partial charge in [0.05, 0.1) is 25.3 Å². The van der Waals surface area contributed by atoms with E-state index in [1.807, 2.05) is 36.6 Å². The number of nitrogens with one attached hydrogen (secondary N) is 1. The molecule has 1 aliphatic heterocycles. The van der Waals surface area contributed by atoms with Crippen LogP contribution in [0.2, 0.25) is 0 Å². The molecule has 5 nitrogen and oxygen atoms in total. The SMILES string of the molecule is Cc1ccc(NC(=O)Cc2csc(-c3cccc(CN4CCOCC4)c3)n2)cc1. The van der Waals surface area contributed by atoms with Gasteiger partial charge in [0.2, 0.25) is 5.91 Å². The van der Waals surface area contributed by atoms with Gasteiger partial charge in [0, 0.05) is 36.3 Å². The summed E-state index contributed by atoms with van der Waals surface area (Å²) in [4.78, 5) is 19.4. The molecular weight excluding hydrogens is 382 g/mol. The van der Waals surface area contributed by atoms with E-state index in [2.05, 4.69) is 39.5 Å². The number of anilines is 1. The second-order valence-corrected chi connectivity index (χ2v) is 8.18. The number of hydrogen-bond donors (Lipinski definition) is 1. The number of aromatic nitrogens is 1. The van der Waals surface area contributed by atoms with E-state index in [1.165, 1.54) is 11.1 Å². The standard InChI is InChI=1S/C23H25N3O2S/c1-17-5-7-20(8-6-17)24-22(27)14-21-16-29-23(25-21)19-4-2-3-18(13-19)15-26-9-11-28-12-10-26/h2-8,13,16H,9-12,14-15H2,1H3,(H,24,27). The lowest BCUT2D eigenvalue weighted by Gasteiger charge is -2.26. The molecule has 1 fully saturated rings. The van der Waals surface area contributed by atoms with E-state index in [9.17, 15) is 4.79 Å². The van der Waals surface area contributed by atoms with Crippen LogP contribution in [0.4, 0.5) is 5.69 Å². The molecular formula is C23H25N3O2S. The fourth-order valence-electron chi connectivity index (χ4n) is 3.35. The van der Waals surface area contributed by atoms with Crippen LogP contribution in [0.3, 0.4) is 0 Å². The van der Waals surface area contributed by atoms with Gasteiger partial charge in [-0.1, -0.05) is 35.9 Å². The number of amides is 1. The molecule has 1 amide bonds. The summed E-state index contributed by atoms with van der Waals surface area (Å²) in [6, 6.07) is 16.3. The molecule has 150 valence electrons. The van der Waals surface area contributed by atoms with Gasteiger partial charge in [0.15, 0.2) is 0 Å². The van der Waals surface area contributed by atoms with Crippen molar-refractivity contribution in [2.75, 3.05) is 31.6 Å². The number of carbonyl (C=O) groups excluding carboxylic acids is 1. The Bertz CT molecular complexity index is 962. The average Bonchev–Trinajstić information content (AvgIpc) is 3.19. The van der Waals surface area contributed by atoms with Crippen LogP contribution in [0.25, 0.3) is 10.6 Å². The highest BCUT2D eigenvalue weighted by Crippen LogP contribution is 2.25. The minimum Gasteiger partial charge on any atom is -0.379 e. The Morgan fingerprint density at radius 2 is 1.97 bits per heavy atom. The van der Waals surface area contributed by atoms with Crippen molar-refractivity contribution in [3.63, 3.8) is 0 Å². The van der Waals surface area contributed by atoms with Gasteiger partial charge in [-0.15, -0.1) is 11.3 Å². The molecule has 0 radical (unpaired) electrons. The summed E-state index contributed by atoms with van der Waals surface area (Å²) < 4.78 is 5.42. The highest BCUT2D eigenvalue weighted by atomic mass is 32.1. The van der Waals surface area contributed by atoms with Gasteiger partial charge >= 0.3 is 0 Å². The Hall–Kier alpha value is -2.54. The smallest absolute Gasteiger partial charge is 0.230 e. The predicted octanol–water partition coefficient (Wildman–Crippen LogP) is 4.13. The second kappa shape index (κ2) is 9.31. The third kappa shape index (κ3) is 5.50. The van der Waals surface area contributed by atoms with Crippen LogP contribution in [0.15, 0.2) is 53.9 Å². The number of thiazole rings is 1. The molecule has 3 aromatic rings. The molecule has 0 unspecified atom stereocenters. The molecule has 29 heavy (non-hydrogen) atoms. The first-order chi connectivity index (χ1) is 14.2. The van der Waals surface area contributed by atoms with Crippen molar-refractivity contribution in [3.8, 4) is 10.6 Å². The maximum atomic E-state index is 12.3. The second-order valence-electron chi connectivity index (χ2n) is 7.32. The van der Waals surface area contributed by atoms with E-state index in [1.54, 1.807) is 11.3 Å².